The number of carbonyl (C=O) groups is 1. The minimum Gasteiger partial charge on any atom is -0.339 e. The van der Waals surface area contributed by atoms with Gasteiger partial charge < -0.3 is 4.90 Å². The minimum absolute atomic E-state index is 0.0209. The van der Waals surface area contributed by atoms with Crippen molar-refractivity contribution < 1.29 is 4.79 Å². The second-order valence-electron chi connectivity index (χ2n) is 6.71. The van der Waals surface area contributed by atoms with E-state index < -0.39 is 0 Å². The molecule has 1 aromatic rings. The molecular formula is C15H24N4O. The Bertz CT molecular complexity index is 504. The van der Waals surface area contributed by atoms with E-state index in [-0.39, 0.29) is 5.54 Å². The molecule has 110 valence electrons. The van der Waals surface area contributed by atoms with Gasteiger partial charge in [-0.2, -0.15) is 5.10 Å². The van der Waals surface area contributed by atoms with Crippen LogP contribution in [0.2, 0.25) is 0 Å². The van der Waals surface area contributed by atoms with Crippen LogP contribution in [0, 0.1) is 5.92 Å². The molecule has 1 aromatic heterocycles. The Labute approximate surface area is 120 Å². The van der Waals surface area contributed by atoms with E-state index >= 15 is 0 Å². The van der Waals surface area contributed by atoms with Crippen LogP contribution in [0.25, 0.3) is 0 Å². The maximum atomic E-state index is 12.2. The first-order valence-corrected chi connectivity index (χ1v) is 7.48. The fourth-order valence-corrected chi connectivity index (χ4v) is 3.01. The monoisotopic (exact) mass is 276 g/mol. The molecule has 0 bridgehead atoms. The third-order valence-corrected chi connectivity index (χ3v) is 4.59. The van der Waals surface area contributed by atoms with Crippen molar-refractivity contribution in [3.05, 3.63) is 18.0 Å². The minimum atomic E-state index is 0.0209. The predicted octanol–water partition coefficient (Wildman–Crippen LogP) is 1.25. The molecule has 0 unspecified atom stereocenters. The van der Waals surface area contributed by atoms with E-state index in [1.165, 1.54) is 5.69 Å². The highest BCUT2D eigenvalue weighted by atomic mass is 16.2. The number of aryl methyl sites for hydroxylation is 1. The summed E-state index contributed by atoms with van der Waals surface area (Å²) in [5.74, 6) is 0.702. The van der Waals surface area contributed by atoms with Gasteiger partial charge in [0.1, 0.15) is 0 Å². The van der Waals surface area contributed by atoms with Gasteiger partial charge in [-0.05, 0) is 32.8 Å². The van der Waals surface area contributed by atoms with Crippen LogP contribution in [0.5, 0.6) is 0 Å². The van der Waals surface area contributed by atoms with E-state index in [0.29, 0.717) is 11.8 Å². The maximum Gasteiger partial charge on any atom is 0.225 e. The molecule has 1 aliphatic heterocycles. The molecule has 3 rings (SSSR count). The summed E-state index contributed by atoms with van der Waals surface area (Å²) in [5.41, 5.74) is 1.24. The maximum absolute atomic E-state index is 12.2. The van der Waals surface area contributed by atoms with Crippen molar-refractivity contribution in [3.63, 3.8) is 0 Å². The van der Waals surface area contributed by atoms with Crippen molar-refractivity contribution in [2.45, 2.75) is 38.8 Å². The van der Waals surface area contributed by atoms with E-state index in [0.717, 1.165) is 39.0 Å². The summed E-state index contributed by atoms with van der Waals surface area (Å²) in [6.45, 7) is 7.99. The number of rotatable bonds is 3. The Morgan fingerprint density at radius 2 is 2.15 bits per heavy atom. The fraction of sp³-hybridized carbons (Fsp3) is 0.733. The van der Waals surface area contributed by atoms with Crippen LogP contribution in [0.4, 0.5) is 0 Å². The van der Waals surface area contributed by atoms with Crippen molar-refractivity contribution in [1.82, 2.24) is 19.6 Å². The first-order valence-electron chi connectivity index (χ1n) is 7.48. The van der Waals surface area contributed by atoms with Gasteiger partial charge in [-0.15, -0.1) is 0 Å². The lowest BCUT2D eigenvalue weighted by molar-refractivity contribution is -0.137. The van der Waals surface area contributed by atoms with Crippen molar-refractivity contribution in [2.24, 2.45) is 13.0 Å². The molecule has 1 aliphatic carbocycles. The summed E-state index contributed by atoms with van der Waals surface area (Å²) < 4.78 is 1.93. The zero-order valence-corrected chi connectivity index (χ0v) is 12.7. The van der Waals surface area contributed by atoms with Gasteiger partial charge in [0, 0.05) is 50.9 Å². The number of hydrogen-bond donors (Lipinski definition) is 0. The summed E-state index contributed by atoms with van der Waals surface area (Å²) in [4.78, 5) is 16.7. The Morgan fingerprint density at radius 3 is 2.70 bits per heavy atom. The molecule has 20 heavy (non-hydrogen) atoms. The van der Waals surface area contributed by atoms with Gasteiger partial charge in [-0.25, -0.2) is 0 Å². The Balaban J connectivity index is 1.66. The zero-order valence-electron chi connectivity index (χ0n) is 12.7. The summed E-state index contributed by atoms with van der Waals surface area (Å²) in [7, 11) is 1.98. The number of carbonyl (C=O) groups excluding carboxylic acids is 1. The van der Waals surface area contributed by atoms with Crippen LogP contribution in [-0.4, -0.2) is 50.7 Å². The Kier molecular flexibility index (Phi) is 3.32. The second kappa shape index (κ2) is 4.88. The third-order valence-electron chi connectivity index (χ3n) is 4.59. The molecule has 0 N–H and O–H groups in total. The van der Waals surface area contributed by atoms with Crippen LogP contribution in [0.1, 0.15) is 32.4 Å². The molecule has 0 atom stereocenters. The SMILES string of the molecule is Cn1nccc1CN1CCN(C(=O)C2CC2)CC1(C)C. The largest absolute Gasteiger partial charge is 0.339 e. The van der Waals surface area contributed by atoms with E-state index in [1.807, 2.05) is 17.9 Å². The van der Waals surface area contributed by atoms with Crippen molar-refractivity contribution in [2.75, 3.05) is 19.6 Å². The molecule has 0 spiro atoms. The lowest BCUT2D eigenvalue weighted by Gasteiger charge is -2.47. The van der Waals surface area contributed by atoms with Crippen LogP contribution < -0.4 is 0 Å². The van der Waals surface area contributed by atoms with Crippen LogP contribution in [-0.2, 0) is 18.4 Å². The lowest BCUT2D eigenvalue weighted by atomic mass is 9.98. The number of hydrogen-bond acceptors (Lipinski definition) is 3. The van der Waals surface area contributed by atoms with Crippen LogP contribution >= 0.6 is 0 Å². The van der Waals surface area contributed by atoms with Gasteiger partial charge in [0.05, 0.1) is 5.69 Å². The zero-order chi connectivity index (χ0) is 14.3. The molecule has 1 saturated heterocycles. The summed E-state index contributed by atoms with van der Waals surface area (Å²) >= 11 is 0. The molecule has 1 amide bonds. The van der Waals surface area contributed by atoms with Gasteiger partial charge >= 0.3 is 0 Å². The van der Waals surface area contributed by atoms with E-state index in [1.54, 1.807) is 0 Å². The quantitative estimate of drug-likeness (QED) is 0.834. The van der Waals surface area contributed by atoms with Crippen LogP contribution in [0.3, 0.4) is 0 Å². The van der Waals surface area contributed by atoms with Gasteiger partial charge in [-0.3, -0.25) is 14.4 Å². The van der Waals surface area contributed by atoms with E-state index in [2.05, 4.69) is 34.8 Å². The standard InChI is InChI=1S/C15H24N4O/c1-15(2)11-18(14(20)12-4-5-12)8-9-19(15)10-13-6-7-16-17(13)3/h6-7,12H,4-5,8-11H2,1-3H3. The van der Waals surface area contributed by atoms with Gasteiger partial charge in [0.25, 0.3) is 0 Å². The average Bonchev–Trinajstić information content (AvgIpc) is 3.16. The number of aromatic nitrogens is 2. The topological polar surface area (TPSA) is 41.4 Å². The Hall–Kier alpha value is -1.36. The predicted molar refractivity (Wildman–Crippen MR) is 77.0 cm³/mol. The smallest absolute Gasteiger partial charge is 0.225 e. The van der Waals surface area contributed by atoms with Crippen LogP contribution in [0.15, 0.2) is 12.3 Å². The number of piperazine rings is 1. The molecule has 0 aromatic carbocycles. The van der Waals surface area contributed by atoms with E-state index in [4.69, 9.17) is 0 Å². The number of nitrogens with zero attached hydrogens (tertiary/aromatic N) is 4. The average molecular weight is 276 g/mol. The molecule has 0 radical (unpaired) electrons. The molecule has 5 nitrogen and oxygen atoms in total. The highest BCUT2D eigenvalue weighted by molar-refractivity contribution is 5.81. The van der Waals surface area contributed by atoms with Gasteiger partial charge in [0.2, 0.25) is 5.91 Å². The van der Waals surface area contributed by atoms with Gasteiger partial charge in [-0.1, -0.05) is 0 Å². The first kappa shape index (κ1) is 13.6. The molecule has 5 heteroatoms. The van der Waals surface area contributed by atoms with E-state index in [9.17, 15) is 4.79 Å². The molecule has 2 fully saturated rings. The summed E-state index contributed by atoms with van der Waals surface area (Å²) in [6, 6.07) is 2.07. The van der Waals surface area contributed by atoms with Gasteiger partial charge in [0.15, 0.2) is 0 Å². The second-order valence-corrected chi connectivity index (χ2v) is 6.71. The highest BCUT2D eigenvalue weighted by Crippen LogP contribution is 2.33. The fourth-order valence-electron chi connectivity index (χ4n) is 3.01. The molecule has 2 heterocycles. The Morgan fingerprint density at radius 1 is 1.40 bits per heavy atom. The summed E-state index contributed by atoms with van der Waals surface area (Å²) in [6.07, 6.45) is 4.03. The first-order chi connectivity index (χ1) is 9.47. The summed E-state index contributed by atoms with van der Waals surface area (Å²) in [5, 5.41) is 4.23. The molecule has 1 saturated carbocycles. The third kappa shape index (κ3) is 2.59. The van der Waals surface area contributed by atoms with Crippen molar-refractivity contribution >= 4 is 5.91 Å². The lowest BCUT2D eigenvalue weighted by Crippen LogP contribution is -2.60. The highest BCUT2D eigenvalue weighted by Gasteiger charge is 2.40. The molecular weight excluding hydrogens is 252 g/mol. The van der Waals surface area contributed by atoms with Crippen molar-refractivity contribution in [3.8, 4) is 0 Å². The normalized spacial score (nSPS) is 23.1. The number of amides is 1. The van der Waals surface area contributed by atoms with Crippen molar-refractivity contribution in [1.29, 1.82) is 0 Å². The molecule has 2 aliphatic rings.